The van der Waals surface area contributed by atoms with Crippen molar-refractivity contribution in [3.63, 3.8) is 0 Å². The van der Waals surface area contributed by atoms with E-state index in [-0.39, 0.29) is 29.1 Å². The maximum absolute atomic E-state index is 13.8. The second kappa shape index (κ2) is 13.4. The summed E-state index contributed by atoms with van der Waals surface area (Å²) in [5, 5.41) is 23.2. The summed E-state index contributed by atoms with van der Waals surface area (Å²) in [7, 11) is 0. The van der Waals surface area contributed by atoms with Gasteiger partial charge in [-0.05, 0) is 55.7 Å². The fourth-order valence-electron chi connectivity index (χ4n) is 6.99. The monoisotopic (exact) mass is 589 g/mol. The molecule has 1 saturated carbocycles. The Hall–Kier alpha value is -3.56. The molecule has 3 aliphatic rings. The SMILES string of the molecule is CCCCN1C(=O)[C@@H]([C@H](O)C2CCCCC2)NC(=O)C12CCN(Cc1ccc(C(=O)c3ccc(C(=O)O)cc3)cc1)CC2. The normalized spacial score (nSPS) is 21.9. The number of amides is 2. The number of hydrogen-bond acceptors (Lipinski definition) is 6. The molecule has 2 aliphatic heterocycles. The molecule has 3 fully saturated rings. The number of likely N-dealkylation sites (tertiary alicyclic amines) is 1. The number of unbranched alkanes of at least 4 members (excludes halogenated alkanes) is 1. The van der Waals surface area contributed by atoms with Crippen LogP contribution in [-0.2, 0) is 16.1 Å². The molecule has 0 radical (unpaired) electrons. The zero-order valence-electron chi connectivity index (χ0n) is 25.0. The Kier molecular flexibility index (Phi) is 9.62. The van der Waals surface area contributed by atoms with Crippen molar-refractivity contribution in [3.05, 3.63) is 70.8 Å². The second-order valence-corrected chi connectivity index (χ2v) is 12.4. The Morgan fingerprint density at radius 2 is 1.51 bits per heavy atom. The van der Waals surface area contributed by atoms with E-state index >= 15 is 0 Å². The topological polar surface area (TPSA) is 127 Å². The van der Waals surface area contributed by atoms with Crippen LogP contribution in [0.2, 0.25) is 0 Å². The highest BCUT2D eigenvalue weighted by Gasteiger charge is 2.55. The van der Waals surface area contributed by atoms with Gasteiger partial charge in [0.2, 0.25) is 11.8 Å². The summed E-state index contributed by atoms with van der Waals surface area (Å²) in [6.45, 7) is 4.55. The molecule has 3 N–H and O–H groups in total. The van der Waals surface area contributed by atoms with E-state index in [0.717, 1.165) is 50.5 Å². The predicted octanol–water partition coefficient (Wildman–Crippen LogP) is 4.02. The first kappa shape index (κ1) is 30.9. The van der Waals surface area contributed by atoms with Crippen LogP contribution in [0.5, 0.6) is 0 Å². The number of piperazine rings is 1. The van der Waals surface area contributed by atoms with Gasteiger partial charge in [0.1, 0.15) is 11.6 Å². The number of nitrogens with zero attached hydrogens (tertiary/aromatic N) is 2. The zero-order valence-corrected chi connectivity index (χ0v) is 25.0. The predicted molar refractivity (Wildman–Crippen MR) is 162 cm³/mol. The average molecular weight is 590 g/mol. The molecule has 2 atom stereocenters. The fourth-order valence-corrected chi connectivity index (χ4v) is 6.99. The molecule has 2 saturated heterocycles. The van der Waals surface area contributed by atoms with Crippen LogP contribution >= 0.6 is 0 Å². The molecular weight excluding hydrogens is 546 g/mol. The summed E-state index contributed by atoms with van der Waals surface area (Å²) in [5.74, 6) is -1.44. The Labute approximate surface area is 253 Å². The van der Waals surface area contributed by atoms with E-state index in [0.29, 0.717) is 50.1 Å². The third-order valence-electron chi connectivity index (χ3n) is 9.67. The lowest BCUT2D eigenvalue weighted by Gasteiger charge is -2.52. The number of aliphatic hydroxyl groups excluding tert-OH is 1. The number of aromatic carboxylic acids is 1. The van der Waals surface area contributed by atoms with Crippen LogP contribution < -0.4 is 5.32 Å². The molecule has 0 aromatic heterocycles. The number of nitrogens with one attached hydrogen (secondary N) is 1. The Morgan fingerprint density at radius 1 is 0.930 bits per heavy atom. The van der Waals surface area contributed by atoms with Crippen LogP contribution in [0.15, 0.2) is 48.5 Å². The van der Waals surface area contributed by atoms with Gasteiger partial charge in [-0.1, -0.05) is 69.0 Å². The van der Waals surface area contributed by atoms with E-state index < -0.39 is 23.7 Å². The minimum Gasteiger partial charge on any atom is -0.478 e. The number of hydrogen-bond donors (Lipinski definition) is 3. The molecule has 2 aromatic rings. The number of aliphatic hydroxyl groups is 1. The number of benzene rings is 2. The molecule has 43 heavy (non-hydrogen) atoms. The van der Waals surface area contributed by atoms with Gasteiger partial charge in [-0.2, -0.15) is 0 Å². The van der Waals surface area contributed by atoms with Crippen molar-refractivity contribution < 1.29 is 29.4 Å². The van der Waals surface area contributed by atoms with E-state index in [1.54, 1.807) is 17.0 Å². The lowest BCUT2D eigenvalue weighted by molar-refractivity contribution is -0.166. The molecule has 1 aliphatic carbocycles. The maximum atomic E-state index is 13.8. The Bertz CT molecular complexity index is 1310. The van der Waals surface area contributed by atoms with Gasteiger partial charge < -0.3 is 20.4 Å². The van der Waals surface area contributed by atoms with Crippen LogP contribution in [-0.4, -0.2) is 80.9 Å². The lowest BCUT2D eigenvalue weighted by atomic mass is 9.78. The smallest absolute Gasteiger partial charge is 0.335 e. The molecule has 2 heterocycles. The highest BCUT2D eigenvalue weighted by Crippen LogP contribution is 2.36. The molecule has 9 heteroatoms. The van der Waals surface area contributed by atoms with Gasteiger partial charge in [-0.3, -0.25) is 19.3 Å². The van der Waals surface area contributed by atoms with Crippen molar-refractivity contribution in [2.75, 3.05) is 19.6 Å². The summed E-state index contributed by atoms with van der Waals surface area (Å²) in [6.07, 6.45) is 6.99. The van der Waals surface area contributed by atoms with Gasteiger partial charge >= 0.3 is 5.97 Å². The number of carbonyl (C=O) groups excluding carboxylic acids is 3. The van der Waals surface area contributed by atoms with Crippen molar-refractivity contribution in [3.8, 4) is 0 Å². The van der Waals surface area contributed by atoms with Gasteiger partial charge in [0.25, 0.3) is 0 Å². The minimum absolute atomic E-state index is 0.0473. The second-order valence-electron chi connectivity index (χ2n) is 12.4. The molecule has 2 aromatic carbocycles. The van der Waals surface area contributed by atoms with Crippen LogP contribution in [0.4, 0.5) is 0 Å². The highest BCUT2D eigenvalue weighted by molar-refractivity contribution is 6.09. The Balaban J connectivity index is 1.22. The van der Waals surface area contributed by atoms with Crippen molar-refractivity contribution in [2.45, 2.75) is 88.9 Å². The van der Waals surface area contributed by atoms with Crippen molar-refractivity contribution >= 4 is 23.6 Å². The van der Waals surface area contributed by atoms with Crippen molar-refractivity contribution in [1.82, 2.24) is 15.1 Å². The first-order chi connectivity index (χ1) is 20.7. The van der Waals surface area contributed by atoms with Gasteiger partial charge in [-0.15, -0.1) is 0 Å². The van der Waals surface area contributed by atoms with E-state index in [4.69, 9.17) is 5.11 Å². The van der Waals surface area contributed by atoms with Crippen molar-refractivity contribution in [1.29, 1.82) is 0 Å². The van der Waals surface area contributed by atoms with Gasteiger partial charge in [0.05, 0.1) is 11.7 Å². The van der Waals surface area contributed by atoms with Crippen LogP contribution in [0.1, 0.15) is 96.6 Å². The number of piperidine rings is 1. The first-order valence-electron chi connectivity index (χ1n) is 15.7. The summed E-state index contributed by atoms with van der Waals surface area (Å²) in [5.41, 5.74) is 1.24. The van der Waals surface area contributed by atoms with Gasteiger partial charge in [-0.25, -0.2) is 4.79 Å². The number of rotatable bonds is 10. The van der Waals surface area contributed by atoms with E-state index in [1.807, 2.05) is 12.1 Å². The van der Waals surface area contributed by atoms with Crippen LogP contribution in [0.3, 0.4) is 0 Å². The first-order valence-corrected chi connectivity index (χ1v) is 15.7. The largest absolute Gasteiger partial charge is 0.478 e. The lowest BCUT2D eigenvalue weighted by Crippen LogP contribution is -2.75. The van der Waals surface area contributed by atoms with Gasteiger partial charge in [0, 0.05) is 37.3 Å². The molecule has 1 spiro atoms. The quantitative estimate of drug-likeness (QED) is 0.357. The maximum Gasteiger partial charge on any atom is 0.335 e. The van der Waals surface area contributed by atoms with E-state index in [1.165, 1.54) is 24.3 Å². The van der Waals surface area contributed by atoms with Gasteiger partial charge in [0.15, 0.2) is 5.78 Å². The molecule has 5 rings (SSSR count). The Morgan fingerprint density at radius 3 is 2.09 bits per heavy atom. The van der Waals surface area contributed by atoms with E-state index in [2.05, 4.69) is 17.1 Å². The standard InChI is InChI=1S/C34H43N3O6/c1-2-3-19-37-31(40)28(30(39)24-7-5-4-6-8-24)35-33(43)34(37)17-20-36(21-18-34)22-23-9-11-25(12-10-23)29(38)26-13-15-27(16-14-26)32(41)42/h9-16,24,28,30,39H,2-8,17-22H2,1H3,(H,35,43)(H,41,42)/t28-,30-/m1/s1. The zero-order chi connectivity index (χ0) is 30.6. The molecule has 230 valence electrons. The third kappa shape index (κ3) is 6.53. The molecule has 2 amide bonds. The number of carboxylic acid groups (broad SMARTS) is 1. The molecular formula is C34H43N3O6. The minimum atomic E-state index is -1.03. The summed E-state index contributed by atoms with van der Waals surface area (Å²) < 4.78 is 0. The molecule has 0 bridgehead atoms. The molecule has 9 nitrogen and oxygen atoms in total. The molecule has 0 unspecified atom stereocenters. The summed E-state index contributed by atoms with van der Waals surface area (Å²) >= 11 is 0. The van der Waals surface area contributed by atoms with Crippen LogP contribution in [0, 0.1) is 5.92 Å². The van der Waals surface area contributed by atoms with Crippen molar-refractivity contribution in [2.24, 2.45) is 5.92 Å². The number of carboxylic acids is 1. The number of carbonyl (C=O) groups is 4. The van der Waals surface area contributed by atoms with Crippen LogP contribution in [0.25, 0.3) is 0 Å². The highest BCUT2D eigenvalue weighted by atomic mass is 16.4. The average Bonchev–Trinajstić information content (AvgIpc) is 3.04. The number of ketones is 1. The summed E-state index contributed by atoms with van der Waals surface area (Å²) in [6, 6.07) is 12.4. The fraction of sp³-hybridized carbons (Fsp3) is 0.529. The van der Waals surface area contributed by atoms with E-state index in [9.17, 15) is 24.3 Å². The summed E-state index contributed by atoms with van der Waals surface area (Å²) in [4.78, 5) is 55.6. The third-order valence-corrected chi connectivity index (χ3v) is 9.67.